The van der Waals surface area contributed by atoms with Gasteiger partial charge in [-0.15, -0.1) is 23.1 Å². The van der Waals surface area contributed by atoms with Gasteiger partial charge in [-0.3, -0.25) is 9.59 Å². The van der Waals surface area contributed by atoms with Gasteiger partial charge in [0.25, 0.3) is 5.56 Å². The lowest BCUT2D eigenvalue weighted by Crippen LogP contribution is -2.15. The maximum absolute atomic E-state index is 13.8. The van der Waals surface area contributed by atoms with Gasteiger partial charge >= 0.3 is 11.9 Å². The molecule has 0 bridgehead atoms. The Kier molecular flexibility index (Phi) is 6.28. The predicted molar refractivity (Wildman–Crippen MR) is 103 cm³/mol. The topological polar surface area (TPSA) is 98.3 Å². The quantitative estimate of drug-likeness (QED) is 0.465. The SMILES string of the molecule is COC(=O)Cc1c(C(=O)OC)sc2nc(CSc3cc(F)ccc3F)[nH]c(=O)c12. The molecule has 1 N–H and O–H groups in total. The van der Waals surface area contributed by atoms with Crippen LogP contribution in [0.4, 0.5) is 8.78 Å². The Balaban J connectivity index is 2.00. The number of esters is 2. The second kappa shape index (κ2) is 8.70. The zero-order valence-corrected chi connectivity index (χ0v) is 16.8. The van der Waals surface area contributed by atoms with Crippen molar-refractivity contribution in [1.29, 1.82) is 0 Å². The summed E-state index contributed by atoms with van der Waals surface area (Å²) in [5.74, 6) is -2.25. The van der Waals surface area contributed by atoms with E-state index in [0.29, 0.717) is 0 Å². The molecule has 0 radical (unpaired) electrons. The molecule has 0 unspecified atom stereocenters. The fourth-order valence-corrected chi connectivity index (χ4v) is 4.52. The highest BCUT2D eigenvalue weighted by molar-refractivity contribution is 7.98. The van der Waals surface area contributed by atoms with E-state index in [1.165, 1.54) is 14.2 Å². The molecule has 3 aromatic rings. The van der Waals surface area contributed by atoms with Crippen LogP contribution in [0.5, 0.6) is 0 Å². The number of hydrogen-bond acceptors (Lipinski definition) is 8. The number of aromatic amines is 1. The van der Waals surface area contributed by atoms with Crippen LogP contribution in [0.3, 0.4) is 0 Å². The van der Waals surface area contributed by atoms with Crippen LogP contribution < -0.4 is 5.56 Å². The molecule has 0 amide bonds. The largest absolute Gasteiger partial charge is 0.469 e. The number of halogens is 2. The Morgan fingerprint density at radius 2 is 2.00 bits per heavy atom. The van der Waals surface area contributed by atoms with Gasteiger partial charge in [-0.25, -0.2) is 18.6 Å². The first-order valence-corrected chi connectivity index (χ1v) is 9.91. The van der Waals surface area contributed by atoms with Crippen molar-refractivity contribution in [2.75, 3.05) is 14.2 Å². The van der Waals surface area contributed by atoms with Crippen LogP contribution in [0, 0.1) is 11.6 Å². The predicted octanol–water partition coefficient (Wildman–Crippen LogP) is 3.06. The molecule has 7 nitrogen and oxygen atoms in total. The Morgan fingerprint density at radius 3 is 2.69 bits per heavy atom. The van der Waals surface area contributed by atoms with E-state index >= 15 is 0 Å². The summed E-state index contributed by atoms with van der Waals surface area (Å²) in [4.78, 5) is 43.6. The number of carbonyl (C=O) groups is 2. The molecule has 3 rings (SSSR count). The standard InChI is InChI=1S/C18H14F2N2O5S2/c1-26-13(23)6-9-14-16(24)21-12(22-17(14)29-15(9)18(25)27-2)7-28-11-5-8(19)3-4-10(11)20/h3-5H,6-7H2,1-2H3,(H,21,22,24). The van der Waals surface area contributed by atoms with Gasteiger partial charge in [0.05, 0.1) is 31.8 Å². The van der Waals surface area contributed by atoms with Gasteiger partial charge < -0.3 is 14.5 Å². The number of H-pyrrole nitrogens is 1. The van der Waals surface area contributed by atoms with Crippen LogP contribution in [0.15, 0.2) is 27.9 Å². The lowest BCUT2D eigenvalue weighted by Gasteiger charge is -2.04. The molecule has 0 saturated carbocycles. The number of aromatic nitrogens is 2. The van der Waals surface area contributed by atoms with Crippen molar-refractivity contribution in [2.24, 2.45) is 0 Å². The molecule has 29 heavy (non-hydrogen) atoms. The number of benzene rings is 1. The number of carbonyl (C=O) groups excluding carboxylic acids is 2. The molecular formula is C18H14F2N2O5S2. The Hall–Kier alpha value is -2.79. The molecule has 1 aromatic carbocycles. The summed E-state index contributed by atoms with van der Waals surface area (Å²) in [6, 6.07) is 3.07. The average Bonchev–Trinajstić information content (AvgIpc) is 3.06. The second-order valence-electron chi connectivity index (χ2n) is 5.71. The van der Waals surface area contributed by atoms with Crippen molar-refractivity contribution in [3.8, 4) is 0 Å². The van der Waals surface area contributed by atoms with E-state index in [4.69, 9.17) is 4.74 Å². The van der Waals surface area contributed by atoms with Gasteiger partial charge in [0.2, 0.25) is 0 Å². The summed E-state index contributed by atoms with van der Waals surface area (Å²) >= 11 is 1.87. The van der Waals surface area contributed by atoms with Crippen molar-refractivity contribution in [1.82, 2.24) is 9.97 Å². The third-order valence-corrected chi connectivity index (χ3v) is 6.03. The first-order valence-electron chi connectivity index (χ1n) is 8.11. The maximum atomic E-state index is 13.8. The lowest BCUT2D eigenvalue weighted by molar-refractivity contribution is -0.139. The van der Waals surface area contributed by atoms with E-state index in [-0.39, 0.29) is 43.6 Å². The van der Waals surface area contributed by atoms with E-state index in [1.54, 1.807) is 0 Å². The Labute approximate surface area is 171 Å². The number of rotatable bonds is 6. The number of ether oxygens (including phenoxy) is 2. The highest BCUT2D eigenvalue weighted by Crippen LogP contribution is 2.30. The van der Waals surface area contributed by atoms with E-state index in [0.717, 1.165) is 41.3 Å². The molecule has 2 aromatic heterocycles. The zero-order valence-electron chi connectivity index (χ0n) is 15.2. The molecule has 0 fully saturated rings. The van der Waals surface area contributed by atoms with Gasteiger partial charge in [0.1, 0.15) is 27.2 Å². The van der Waals surface area contributed by atoms with Gasteiger partial charge in [-0.1, -0.05) is 0 Å². The zero-order chi connectivity index (χ0) is 21.1. The van der Waals surface area contributed by atoms with Crippen molar-refractivity contribution in [3.05, 3.63) is 56.5 Å². The summed E-state index contributed by atoms with van der Waals surface area (Å²) < 4.78 is 36.4. The van der Waals surface area contributed by atoms with Crippen LogP contribution in [0.1, 0.15) is 21.1 Å². The van der Waals surface area contributed by atoms with Crippen molar-refractivity contribution < 1.29 is 27.8 Å². The summed E-state index contributed by atoms with van der Waals surface area (Å²) in [5, 5.41) is 0.0893. The fraction of sp³-hybridized carbons (Fsp3) is 0.222. The number of hydrogen-bond donors (Lipinski definition) is 1. The van der Waals surface area contributed by atoms with Gasteiger partial charge in [-0.2, -0.15) is 0 Å². The molecule has 0 atom stereocenters. The number of thioether (sulfide) groups is 1. The average molecular weight is 440 g/mol. The highest BCUT2D eigenvalue weighted by Gasteiger charge is 2.24. The number of thiophene rings is 1. The number of nitrogens with one attached hydrogen (secondary N) is 1. The van der Waals surface area contributed by atoms with Gasteiger partial charge in [0.15, 0.2) is 0 Å². The van der Waals surface area contributed by atoms with E-state index < -0.39 is 29.1 Å². The van der Waals surface area contributed by atoms with Crippen LogP contribution >= 0.6 is 23.1 Å². The Morgan fingerprint density at radius 1 is 1.24 bits per heavy atom. The number of fused-ring (bicyclic) bond motifs is 1. The van der Waals surface area contributed by atoms with Crippen molar-refractivity contribution in [3.63, 3.8) is 0 Å². The normalized spacial score (nSPS) is 10.9. The minimum absolute atomic E-state index is 0.0589. The monoisotopic (exact) mass is 440 g/mol. The third-order valence-electron chi connectivity index (χ3n) is 3.89. The molecule has 0 saturated heterocycles. The third kappa shape index (κ3) is 4.46. The smallest absolute Gasteiger partial charge is 0.348 e. The van der Waals surface area contributed by atoms with E-state index in [1.807, 2.05) is 0 Å². The molecular weight excluding hydrogens is 426 g/mol. The van der Waals surface area contributed by atoms with Gasteiger partial charge in [0, 0.05) is 10.5 Å². The summed E-state index contributed by atoms with van der Waals surface area (Å²) in [6.07, 6.45) is -0.297. The molecule has 11 heteroatoms. The molecule has 2 heterocycles. The summed E-state index contributed by atoms with van der Waals surface area (Å²) in [5.41, 5.74) is -0.386. The van der Waals surface area contributed by atoms with Crippen LogP contribution in [-0.2, 0) is 26.4 Å². The van der Waals surface area contributed by atoms with Crippen LogP contribution in [0.25, 0.3) is 10.2 Å². The molecule has 0 aliphatic carbocycles. The second-order valence-corrected chi connectivity index (χ2v) is 7.73. The molecule has 152 valence electrons. The van der Waals surface area contributed by atoms with Gasteiger partial charge in [-0.05, 0) is 18.2 Å². The first kappa shape index (κ1) is 20.9. The molecule has 0 aliphatic heterocycles. The number of nitrogens with zero attached hydrogens (tertiary/aromatic N) is 1. The highest BCUT2D eigenvalue weighted by atomic mass is 32.2. The van der Waals surface area contributed by atoms with Crippen molar-refractivity contribution >= 4 is 45.3 Å². The summed E-state index contributed by atoms with van der Waals surface area (Å²) in [6.45, 7) is 0. The minimum atomic E-state index is -0.705. The summed E-state index contributed by atoms with van der Waals surface area (Å²) in [7, 11) is 2.37. The van der Waals surface area contributed by atoms with E-state index in [9.17, 15) is 23.2 Å². The fourth-order valence-electron chi connectivity index (χ4n) is 2.55. The first-order chi connectivity index (χ1) is 13.8. The van der Waals surface area contributed by atoms with Crippen LogP contribution in [0.2, 0.25) is 0 Å². The van der Waals surface area contributed by atoms with Crippen molar-refractivity contribution in [2.45, 2.75) is 17.1 Å². The molecule has 0 aliphatic rings. The minimum Gasteiger partial charge on any atom is -0.469 e. The van der Waals surface area contributed by atoms with Crippen LogP contribution in [-0.4, -0.2) is 36.1 Å². The molecule has 0 spiro atoms. The lowest BCUT2D eigenvalue weighted by atomic mass is 10.1. The van der Waals surface area contributed by atoms with E-state index in [2.05, 4.69) is 14.7 Å². The Bertz CT molecular complexity index is 1160. The number of methoxy groups -OCH3 is 2. The maximum Gasteiger partial charge on any atom is 0.348 e.